The van der Waals surface area contributed by atoms with Crippen LogP contribution in [0.4, 0.5) is 4.39 Å². The second-order valence-corrected chi connectivity index (χ2v) is 6.23. The molecule has 3 aromatic rings. The third kappa shape index (κ3) is 5.18. The van der Waals surface area contributed by atoms with E-state index in [0.717, 1.165) is 24.4 Å². The molecule has 0 spiro atoms. The molecule has 28 heavy (non-hydrogen) atoms. The Bertz CT molecular complexity index is 926. The fourth-order valence-corrected chi connectivity index (χ4v) is 2.70. The van der Waals surface area contributed by atoms with Gasteiger partial charge >= 0.3 is 0 Å². The zero-order valence-corrected chi connectivity index (χ0v) is 16.1. The van der Waals surface area contributed by atoms with Crippen LogP contribution in [0.1, 0.15) is 26.1 Å². The van der Waals surface area contributed by atoms with Crippen molar-refractivity contribution < 1.29 is 9.13 Å². The van der Waals surface area contributed by atoms with Crippen molar-refractivity contribution in [2.75, 3.05) is 13.1 Å². The number of guanidine groups is 1. The topological polar surface area (TPSA) is 75.8 Å². The Morgan fingerprint density at radius 3 is 2.86 bits per heavy atom. The van der Waals surface area contributed by atoms with Gasteiger partial charge in [-0.3, -0.25) is 4.40 Å². The number of benzene rings is 1. The zero-order valence-electron chi connectivity index (χ0n) is 16.1. The number of nitrogens with zero attached hydrogens (tertiary/aromatic N) is 4. The van der Waals surface area contributed by atoms with E-state index in [2.05, 4.69) is 25.8 Å². The van der Waals surface area contributed by atoms with Gasteiger partial charge in [0.2, 0.25) is 0 Å². The molecule has 2 aromatic heterocycles. The van der Waals surface area contributed by atoms with Gasteiger partial charge in [0.15, 0.2) is 17.4 Å². The maximum atomic E-state index is 13.3. The number of pyridine rings is 1. The van der Waals surface area contributed by atoms with Crippen LogP contribution in [0, 0.1) is 5.82 Å². The Morgan fingerprint density at radius 1 is 1.18 bits per heavy atom. The third-order valence-corrected chi connectivity index (χ3v) is 4.16. The van der Waals surface area contributed by atoms with Crippen LogP contribution in [-0.4, -0.2) is 39.8 Å². The summed E-state index contributed by atoms with van der Waals surface area (Å²) in [6.45, 7) is 5.69. The van der Waals surface area contributed by atoms with Crippen LogP contribution in [0.15, 0.2) is 53.7 Å². The summed E-state index contributed by atoms with van der Waals surface area (Å²) in [5.41, 5.74) is 0.792. The zero-order chi connectivity index (χ0) is 19.8. The molecule has 0 aliphatic carbocycles. The van der Waals surface area contributed by atoms with Gasteiger partial charge in [-0.25, -0.2) is 9.38 Å². The summed E-state index contributed by atoms with van der Waals surface area (Å²) >= 11 is 0. The lowest BCUT2D eigenvalue weighted by Crippen LogP contribution is -2.42. The second-order valence-electron chi connectivity index (χ2n) is 6.23. The summed E-state index contributed by atoms with van der Waals surface area (Å²) in [7, 11) is 0. The summed E-state index contributed by atoms with van der Waals surface area (Å²) < 4.78 is 21.1. The highest BCUT2D eigenvalue weighted by atomic mass is 19.1. The molecule has 8 heteroatoms. The maximum Gasteiger partial charge on any atom is 0.191 e. The fourth-order valence-electron chi connectivity index (χ4n) is 2.70. The van der Waals surface area contributed by atoms with Crippen molar-refractivity contribution in [3.63, 3.8) is 0 Å². The average molecular weight is 384 g/mol. The van der Waals surface area contributed by atoms with Crippen molar-refractivity contribution in [1.29, 1.82) is 0 Å². The Morgan fingerprint density at radius 2 is 2.07 bits per heavy atom. The van der Waals surface area contributed by atoms with E-state index in [0.29, 0.717) is 24.8 Å². The molecule has 0 aliphatic heterocycles. The number of halogens is 1. The van der Waals surface area contributed by atoms with E-state index in [-0.39, 0.29) is 11.9 Å². The van der Waals surface area contributed by atoms with E-state index in [4.69, 9.17) is 4.74 Å². The Labute approximate surface area is 163 Å². The van der Waals surface area contributed by atoms with Crippen LogP contribution in [0.5, 0.6) is 5.75 Å². The lowest BCUT2D eigenvalue weighted by molar-refractivity contribution is 0.198. The molecule has 1 unspecified atom stereocenters. The summed E-state index contributed by atoms with van der Waals surface area (Å²) in [4.78, 5) is 4.59. The molecule has 7 nitrogen and oxygen atoms in total. The van der Waals surface area contributed by atoms with Crippen LogP contribution in [0.25, 0.3) is 5.65 Å². The fraction of sp³-hybridized carbons (Fsp3) is 0.350. The van der Waals surface area contributed by atoms with E-state index in [1.54, 1.807) is 12.1 Å². The monoisotopic (exact) mass is 384 g/mol. The summed E-state index contributed by atoms with van der Waals surface area (Å²) in [5.74, 6) is 1.63. The number of hydrogen-bond donors (Lipinski definition) is 2. The van der Waals surface area contributed by atoms with Crippen molar-refractivity contribution in [2.24, 2.45) is 4.99 Å². The predicted octanol–water partition coefficient (Wildman–Crippen LogP) is 2.78. The number of hydrogen-bond acceptors (Lipinski definition) is 4. The van der Waals surface area contributed by atoms with Crippen molar-refractivity contribution in [3.05, 3.63) is 60.3 Å². The highest BCUT2D eigenvalue weighted by Gasteiger charge is 2.10. The van der Waals surface area contributed by atoms with E-state index in [1.165, 1.54) is 12.1 Å². The minimum absolute atomic E-state index is 0.112. The molecule has 0 aliphatic rings. The number of rotatable bonds is 8. The van der Waals surface area contributed by atoms with Crippen molar-refractivity contribution >= 4 is 11.6 Å². The van der Waals surface area contributed by atoms with Gasteiger partial charge in [-0.05, 0) is 37.6 Å². The first-order valence-electron chi connectivity index (χ1n) is 9.42. The molecule has 0 saturated heterocycles. The molecule has 3 rings (SSSR count). The molecule has 2 heterocycles. The van der Waals surface area contributed by atoms with Crippen LogP contribution >= 0.6 is 0 Å². The van der Waals surface area contributed by atoms with Gasteiger partial charge in [0.25, 0.3) is 0 Å². The molecule has 0 saturated carbocycles. The molecule has 0 amide bonds. The molecule has 148 valence electrons. The largest absolute Gasteiger partial charge is 0.489 e. The molecule has 0 fully saturated rings. The first-order chi connectivity index (χ1) is 13.7. The minimum Gasteiger partial charge on any atom is -0.489 e. The normalized spacial score (nSPS) is 12.8. The first kappa shape index (κ1) is 19.6. The lowest BCUT2D eigenvalue weighted by atomic mass is 10.2. The lowest BCUT2D eigenvalue weighted by Gasteiger charge is -2.20. The van der Waals surface area contributed by atoms with Gasteiger partial charge in [-0.2, -0.15) is 0 Å². The van der Waals surface area contributed by atoms with Crippen LogP contribution in [0.2, 0.25) is 0 Å². The van der Waals surface area contributed by atoms with Gasteiger partial charge in [0, 0.05) is 18.8 Å². The number of nitrogens with one attached hydrogen (secondary N) is 2. The third-order valence-electron chi connectivity index (χ3n) is 4.16. The smallest absolute Gasteiger partial charge is 0.191 e. The van der Waals surface area contributed by atoms with Crippen LogP contribution in [-0.2, 0) is 6.54 Å². The highest BCUT2D eigenvalue weighted by molar-refractivity contribution is 5.79. The van der Waals surface area contributed by atoms with E-state index in [1.807, 2.05) is 42.6 Å². The Hall–Kier alpha value is -3.16. The van der Waals surface area contributed by atoms with Gasteiger partial charge < -0.3 is 15.4 Å². The number of ether oxygens (including phenoxy) is 1. The Kier molecular flexibility index (Phi) is 6.78. The van der Waals surface area contributed by atoms with E-state index in [9.17, 15) is 4.39 Å². The number of aromatic nitrogens is 3. The standard InChI is InChI=1S/C20H25FN6O/c1-3-16(28-17-9-7-8-15(21)12-17)13-23-20(22-4-2)24-14-19-26-25-18-10-5-6-11-27(18)19/h5-12,16H,3-4,13-14H2,1-2H3,(H2,22,23,24). The van der Waals surface area contributed by atoms with E-state index >= 15 is 0 Å². The highest BCUT2D eigenvalue weighted by Crippen LogP contribution is 2.14. The number of fused-ring (bicyclic) bond motifs is 1. The van der Waals surface area contributed by atoms with Crippen molar-refractivity contribution in [1.82, 2.24) is 25.2 Å². The average Bonchev–Trinajstić information content (AvgIpc) is 3.12. The molecule has 2 N–H and O–H groups in total. The molecule has 0 radical (unpaired) electrons. The van der Waals surface area contributed by atoms with Crippen molar-refractivity contribution in [3.8, 4) is 5.75 Å². The molecule has 1 atom stereocenters. The summed E-state index contributed by atoms with van der Waals surface area (Å²) in [6.07, 6.45) is 2.58. The molecular weight excluding hydrogens is 359 g/mol. The second kappa shape index (κ2) is 9.68. The summed E-state index contributed by atoms with van der Waals surface area (Å²) in [6, 6.07) is 11.9. The molecular formula is C20H25FN6O. The number of aliphatic imine (C=N–C) groups is 1. The van der Waals surface area contributed by atoms with Gasteiger partial charge in [0.05, 0.1) is 6.54 Å². The van der Waals surface area contributed by atoms with Crippen LogP contribution < -0.4 is 15.4 Å². The SMILES string of the molecule is CCNC(=NCc1nnc2ccccn12)NCC(CC)Oc1cccc(F)c1. The van der Waals surface area contributed by atoms with Crippen LogP contribution in [0.3, 0.4) is 0 Å². The maximum absolute atomic E-state index is 13.3. The Balaban J connectivity index is 1.62. The summed E-state index contributed by atoms with van der Waals surface area (Å²) in [5, 5.41) is 14.8. The molecule has 1 aromatic carbocycles. The molecule has 0 bridgehead atoms. The van der Waals surface area contributed by atoms with Gasteiger partial charge in [-0.15, -0.1) is 10.2 Å². The van der Waals surface area contributed by atoms with Gasteiger partial charge in [0.1, 0.15) is 24.2 Å². The quantitative estimate of drug-likeness (QED) is 0.461. The first-order valence-corrected chi connectivity index (χ1v) is 9.42. The minimum atomic E-state index is -0.309. The van der Waals surface area contributed by atoms with E-state index < -0.39 is 0 Å². The van der Waals surface area contributed by atoms with Gasteiger partial charge in [-0.1, -0.05) is 19.1 Å². The predicted molar refractivity (Wildman–Crippen MR) is 107 cm³/mol. The van der Waals surface area contributed by atoms with Crippen molar-refractivity contribution in [2.45, 2.75) is 32.9 Å².